The fraction of sp³-hybridized carbons (Fsp3) is 0.462. The summed E-state index contributed by atoms with van der Waals surface area (Å²) in [7, 11) is 1.91. The maximum atomic E-state index is 12.1. The van der Waals surface area contributed by atoms with Crippen LogP contribution in [0.5, 0.6) is 0 Å². The molecule has 0 saturated carbocycles. The number of hydrogen-bond donors (Lipinski definition) is 1. The van der Waals surface area contributed by atoms with Crippen LogP contribution in [0.15, 0.2) is 30.3 Å². The molecule has 1 aromatic carbocycles. The van der Waals surface area contributed by atoms with Crippen molar-refractivity contribution in [3.8, 4) is 0 Å². The van der Waals surface area contributed by atoms with Crippen molar-refractivity contribution < 1.29 is 4.79 Å². The minimum atomic E-state index is 0.102. The minimum absolute atomic E-state index is 0.102. The second-order valence-corrected chi connectivity index (χ2v) is 3.90. The quantitative estimate of drug-likeness (QED) is 0.820. The van der Waals surface area contributed by atoms with Crippen LogP contribution in [0, 0.1) is 0 Å². The van der Waals surface area contributed by atoms with Gasteiger partial charge in [0.2, 0.25) is 0 Å². The summed E-state index contributed by atoms with van der Waals surface area (Å²) in [5.74, 6) is 0.102. The Balaban J connectivity index is 2.70. The predicted octanol–water partition coefficient (Wildman–Crippen LogP) is 1.76. The van der Waals surface area contributed by atoms with E-state index in [9.17, 15) is 4.79 Å². The smallest absolute Gasteiger partial charge is 0.253 e. The van der Waals surface area contributed by atoms with Gasteiger partial charge in [0.05, 0.1) is 0 Å². The fourth-order valence-corrected chi connectivity index (χ4v) is 1.54. The first-order valence-corrected chi connectivity index (χ1v) is 5.70. The van der Waals surface area contributed by atoms with Gasteiger partial charge < -0.3 is 10.2 Å². The predicted molar refractivity (Wildman–Crippen MR) is 66.5 cm³/mol. The van der Waals surface area contributed by atoms with E-state index in [2.05, 4.69) is 12.2 Å². The lowest BCUT2D eigenvalue weighted by Crippen LogP contribution is -2.40. The summed E-state index contributed by atoms with van der Waals surface area (Å²) >= 11 is 0. The number of rotatable bonds is 5. The second kappa shape index (κ2) is 6.28. The van der Waals surface area contributed by atoms with Crippen molar-refractivity contribution in [3.63, 3.8) is 0 Å². The number of carbonyl (C=O) groups excluding carboxylic acids is 1. The molecule has 1 amide bonds. The molecule has 0 spiro atoms. The summed E-state index contributed by atoms with van der Waals surface area (Å²) in [4.78, 5) is 14.0. The SMILES string of the molecule is CCN(CC(C)NC)C(=O)c1ccccc1. The van der Waals surface area contributed by atoms with Crippen molar-refractivity contribution in [2.75, 3.05) is 20.1 Å². The Kier molecular flexibility index (Phi) is 4.99. The van der Waals surface area contributed by atoms with E-state index in [1.54, 1.807) is 0 Å². The molecule has 0 bridgehead atoms. The molecule has 3 heteroatoms. The van der Waals surface area contributed by atoms with Gasteiger partial charge in [-0.15, -0.1) is 0 Å². The maximum absolute atomic E-state index is 12.1. The number of likely N-dealkylation sites (N-methyl/N-ethyl adjacent to an activating group) is 2. The Labute approximate surface area is 97.5 Å². The van der Waals surface area contributed by atoms with Crippen LogP contribution in [0.3, 0.4) is 0 Å². The van der Waals surface area contributed by atoms with Gasteiger partial charge in [-0.1, -0.05) is 18.2 Å². The summed E-state index contributed by atoms with van der Waals surface area (Å²) in [6.07, 6.45) is 0. The molecule has 0 aromatic heterocycles. The summed E-state index contributed by atoms with van der Waals surface area (Å²) in [6, 6.07) is 9.73. The normalized spacial score (nSPS) is 12.2. The van der Waals surface area contributed by atoms with E-state index in [0.717, 1.165) is 18.7 Å². The molecular formula is C13H20N2O. The van der Waals surface area contributed by atoms with Crippen molar-refractivity contribution in [1.29, 1.82) is 0 Å². The fourth-order valence-electron chi connectivity index (χ4n) is 1.54. The first-order valence-electron chi connectivity index (χ1n) is 5.70. The number of amides is 1. The van der Waals surface area contributed by atoms with Gasteiger partial charge in [-0.25, -0.2) is 0 Å². The van der Waals surface area contributed by atoms with E-state index in [1.165, 1.54) is 0 Å². The third-order valence-corrected chi connectivity index (χ3v) is 2.68. The molecule has 0 heterocycles. The highest BCUT2D eigenvalue weighted by Gasteiger charge is 2.15. The van der Waals surface area contributed by atoms with Crippen LogP contribution >= 0.6 is 0 Å². The molecule has 3 nitrogen and oxygen atoms in total. The van der Waals surface area contributed by atoms with E-state index < -0.39 is 0 Å². The number of nitrogens with one attached hydrogen (secondary N) is 1. The average Bonchev–Trinajstić information content (AvgIpc) is 2.35. The highest BCUT2D eigenvalue weighted by molar-refractivity contribution is 5.94. The molecule has 0 fully saturated rings. The molecule has 1 unspecified atom stereocenters. The van der Waals surface area contributed by atoms with Gasteiger partial charge in [-0.05, 0) is 33.0 Å². The van der Waals surface area contributed by atoms with Crippen molar-refractivity contribution in [2.24, 2.45) is 0 Å². The van der Waals surface area contributed by atoms with Crippen LogP contribution in [-0.4, -0.2) is 37.0 Å². The zero-order chi connectivity index (χ0) is 12.0. The highest BCUT2D eigenvalue weighted by Crippen LogP contribution is 2.05. The lowest BCUT2D eigenvalue weighted by molar-refractivity contribution is 0.0752. The summed E-state index contributed by atoms with van der Waals surface area (Å²) < 4.78 is 0. The molecule has 0 saturated heterocycles. The monoisotopic (exact) mass is 220 g/mol. The van der Waals surface area contributed by atoms with E-state index >= 15 is 0 Å². The van der Waals surface area contributed by atoms with Gasteiger partial charge in [0.25, 0.3) is 5.91 Å². The van der Waals surface area contributed by atoms with Gasteiger partial charge in [-0.2, -0.15) is 0 Å². The van der Waals surface area contributed by atoms with Crippen LogP contribution in [-0.2, 0) is 0 Å². The van der Waals surface area contributed by atoms with Crippen molar-refractivity contribution >= 4 is 5.91 Å². The van der Waals surface area contributed by atoms with E-state index in [-0.39, 0.29) is 5.91 Å². The topological polar surface area (TPSA) is 32.3 Å². The van der Waals surface area contributed by atoms with Crippen molar-refractivity contribution in [2.45, 2.75) is 19.9 Å². The molecular weight excluding hydrogens is 200 g/mol. The van der Waals surface area contributed by atoms with Crippen LogP contribution in [0.1, 0.15) is 24.2 Å². The summed E-state index contributed by atoms with van der Waals surface area (Å²) in [5, 5.41) is 3.14. The third-order valence-electron chi connectivity index (χ3n) is 2.68. The number of carbonyl (C=O) groups is 1. The lowest BCUT2D eigenvalue weighted by Gasteiger charge is -2.24. The van der Waals surface area contributed by atoms with Gasteiger partial charge in [0.15, 0.2) is 0 Å². The Hall–Kier alpha value is -1.35. The molecule has 0 aliphatic carbocycles. The van der Waals surface area contributed by atoms with E-state index in [1.807, 2.05) is 49.2 Å². The Morgan fingerprint density at radius 2 is 2.00 bits per heavy atom. The molecule has 1 N–H and O–H groups in total. The van der Waals surface area contributed by atoms with Gasteiger partial charge in [-0.3, -0.25) is 4.79 Å². The molecule has 16 heavy (non-hydrogen) atoms. The minimum Gasteiger partial charge on any atom is -0.337 e. The van der Waals surface area contributed by atoms with Crippen LogP contribution < -0.4 is 5.32 Å². The zero-order valence-corrected chi connectivity index (χ0v) is 10.2. The Morgan fingerprint density at radius 3 is 2.50 bits per heavy atom. The Bertz CT molecular complexity index is 324. The van der Waals surface area contributed by atoms with Crippen molar-refractivity contribution in [3.05, 3.63) is 35.9 Å². The largest absolute Gasteiger partial charge is 0.337 e. The van der Waals surface area contributed by atoms with Crippen LogP contribution in [0.25, 0.3) is 0 Å². The molecule has 1 rings (SSSR count). The van der Waals surface area contributed by atoms with Crippen LogP contribution in [0.2, 0.25) is 0 Å². The molecule has 0 radical (unpaired) electrons. The molecule has 0 aliphatic heterocycles. The molecule has 88 valence electrons. The molecule has 1 aromatic rings. The first-order chi connectivity index (χ1) is 7.69. The highest BCUT2D eigenvalue weighted by atomic mass is 16.2. The van der Waals surface area contributed by atoms with E-state index in [4.69, 9.17) is 0 Å². The molecule has 1 atom stereocenters. The first kappa shape index (κ1) is 12.7. The maximum Gasteiger partial charge on any atom is 0.253 e. The number of nitrogens with zero attached hydrogens (tertiary/aromatic N) is 1. The molecule has 0 aliphatic rings. The van der Waals surface area contributed by atoms with E-state index in [0.29, 0.717) is 6.04 Å². The number of benzene rings is 1. The lowest BCUT2D eigenvalue weighted by atomic mass is 10.2. The second-order valence-electron chi connectivity index (χ2n) is 3.90. The van der Waals surface area contributed by atoms with Gasteiger partial charge in [0.1, 0.15) is 0 Å². The number of hydrogen-bond acceptors (Lipinski definition) is 2. The summed E-state index contributed by atoms with van der Waals surface area (Å²) in [6.45, 7) is 5.55. The van der Waals surface area contributed by atoms with Gasteiger partial charge >= 0.3 is 0 Å². The summed E-state index contributed by atoms with van der Waals surface area (Å²) in [5.41, 5.74) is 0.757. The van der Waals surface area contributed by atoms with Crippen molar-refractivity contribution in [1.82, 2.24) is 10.2 Å². The van der Waals surface area contributed by atoms with Crippen LogP contribution in [0.4, 0.5) is 0 Å². The average molecular weight is 220 g/mol. The van der Waals surface area contributed by atoms with Gasteiger partial charge in [0, 0.05) is 24.7 Å². The Morgan fingerprint density at radius 1 is 1.38 bits per heavy atom. The third kappa shape index (κ3) is 3.35. The standard InChI is InChI=1S/C13H20N2O/c1-4-15(10-11(2)14-3)13(16)12-8-6-5-7-9-12/h5-9,11,14H,4,10H2,1-3H3. The zero-order valence-electron chi connectivity index (χ0n) is 10.2.